The van der Waals surface area contributed by atoms with Gasteiger partial charge in [-0.25, -0.2) is 9.37 Å². The van der Waals surface area contributed by atoms with E-state index in [1.54, 1.807) is 12.1 Å². The SMILES string of the molecule is Cc1ccc2c(C)cc(SCC(=O)Nc3cccc(F)c3)nc2c1. The second-order valence-corrected chi connectivity index (χ2v) is 6.64. The van der Waals surface area contributed by atoms with Crippen molar-refractivity contribution in [2.75, 3.05) is 11.1 Å². The van der Waals surface area contributed by atoms with Gasteiger partial charge in [-0.3, -0.25) is 4.79 Å². The Morgan fingerprint density at radius 1 is 1.17 bits per heavy atom. The van der Waals surface area contributed by atoms with Gasteiger partial charge in [-0.05, 0) is 55.3 Å². The number of hydrogen-bond acceptors (Lipinski definition) is 3. The number of carbonyl (C=O) groups excluding carboxylic acids is 1. The van der Waals surface area contributed by atoms with Crippen molar-refractivity contribution < 1.29 is 9.18 Å². The molecule has 0 aliphatic heterocycles. The number of carbonyl (C=O) groups is 1. The molecule has 1 heterocycles. The highest BCUT2D eigenvalue weighted by Crippen LogP contribution is 2.24. The Morgan fingerprint density at radius 2 is 2.00 bits per heavy atom. The van der Waals surface area contributed by atoms with E-state index in [1.807, 2.05) is 26.0 Å². The summed E-state index contributed by atoms with van der Waals surface area (Å²) in [5.41, 5.74) is 3.68. The smallest absolute Gasteiger partial charge is 0.234 e. The fraction of sp³-hybridized carbons (Fsp3) is 0.158. The van der Waals surface area contributed by atoms with Crippen LogP contribution >= 0.6 is 11.8 Å². The molecule has 0 saturated carbocycles. The number of nitrogens with one attached hydrogen (secondary N) is 1. The molecule has 0 spiro atoms. The van der Waals surface area contributed by atoms with Crippen molar-refractivity contribution in [2.24, 2.45) is 0 Å². The van der Waals surface area contributed by atoms with Crippen molar-refractivity contribution in [1.82, 2.24) is 4.98 Å². The van der Waals surface area contributed by atoms with Gasteiger partial charge in [0.1, 0.15) is 5.82 Å². The first-order chi connectivity index (χ1) is 11.5. The maximum absolute atomic E-state index is 13.1. The number of benzene rings is 2. The van der Waals surface area contributed by atoms with Crippen molar-refractivity contribution in [3.05, 3.63) is 65.5 Å². The summed E-state index contributed by atoms with van der Waals surface area (Å²) in [7, 11) is 0. The van der Waals surface area contributed by atoms with Gasteiger partial charge in [0.05, 0.1) is 16.3 Å². The maximum atomic E-state index is 13.1. The number of aromatic nitrogens is 1. The summed E-state index contributed by atoms with van der Waals surface area (Å²) in [4.78, 5) is 16.6. The Bertz CT molecular complexity index is 911. The average molecular weight is 340 g/mol. The summed E-state index contributed by atoms with van der Waals surface area (Å²) >= 11 is 1.37. The molecule has 1 amide bonds. The number of amides is 1. The third-order valence-corrected chi connectivity index (χ3v) is 4.52. The Labute approximate surface area is 144 Å². The van der Waals surface area contributed by atoms with E-state index in [4.69, 9.17) is 0 Å². The zero-order chi connectivity index (χ0) is 17.1. The molecule has 0 aliphatic carbocycles. The number of rotatable bonds is 4. The minimum absolute atomic E-state index is 0.186. The molecule has 3 rings (SSSR count). The van der Waals surface area contributed by atoms with E-state index in [0.29, 0.717) is 5.69 Å². The molecule has 0 radical (unpaired) electrons. The molecule has 3 nitrogen and oxygen atoms in total. The molecule has 5 heteroatoms. The zero-order valence-corrected chi connectivity index (χ0v) is 14.3. The number of halogens is 1. The van der Waals surface area contributed by atoms with Crippen molar-refractivity contribution in [2.45, 2.75) is 18.9 Å². The van der Waals surface area contributed by atoms with Crippen LogP contribution in [0.5, 0.6) is 0 Å². The van der Waals surface area contributed by atoms with Gasteiger partial charge in [-0.2, -0.15) is 0 Å². The molecule has 0 bridgehead atoms. The first-order valence-electron chi connectivity index (χ1n) is 7.57. The first kappa shape index (κ1) is 16.5. The van der Waals surface area contributed by atoms with Crippen molar-refractivity contribution in [3.8, 4) is 0 Å². The summed E-state index contributed by atoms with van der Waals surface area (Å²) in [5, 5.41) is 4.61. The largest absolute Gasteiger partial charge is 0.325 e. The normalized spacial score (nSPS) is 10.8. The highest BCUT2D eigenvalue weighted by molar-refractivity contribution is 7.99. The van der Waals surface area contributed by atoms with Crippen molar-refractivity contribution in [1.29, 1.82) is 0 Å². The molecule has 1 aromatic heterocycles. The van der Waals surface area contributed by atoms with Gasteiger partial charge in [0.2, 0.25) is 5.91 Å². The highest BCUT2D eigenvalue weighted by atomic mass is 32.2. The number of pyridine rings is 1. The van der Waals surface area contributed by atoms with Crippen LogP contribution < -0.4 is 5.32 Å². The third kappa shape index (κ3) is 3.92. The van der Waals surface area contributed by atoms with Crippen LogP contribution in [-0.2, 0) is 4.79 Å². The number of anilines is 1. The van der Waals surface area contributed by atoms with E-state index in [0.717, 1.165) is 27.1 Å². The number of hydrogen-bond donors (Lipinski definition) is 1. The molecule has 0 saturated heterocycles. The van der Waals surface area contributed by atoms with Crippen LogP contribution in [0.4, 0.5) is 10.1 Å². The topological polar surface area (TPSA) is 42.0 Å². The zero-order valence-electron chi connectivity index (χ0n) is 13.5. The quantitative estimate of drug-likeness (QED) is 0.699. The maximum Gasteiger partial charge on any atom is 0.234 e. The molecule has 3 aromatic rings. The van der Waals surface area contributed by atoms with E-state index >= 15 is 0 Å². The number of aryl methyl sites for hydroxylation is 2. The van der Waals surface area contributed by atoms with E-state index in [9.17, 15) is 9.18 Å². The fourth-order valence-corrected chi connectivity index (χ4v) is 3.23. The average Bonchev–Trinajstić information content (AvgIpc) is 2.52. The standard InChI is InChI=1S/C19H17FN2OS/c1-12-6-7-16-13(2)9-19(22-17(16)8-12)24-11-18(23)21-15-5-3-4-14(20)10-15/h3-10H,11H2,1-2H3,(H,21,23). The van der Waals surface area contributed by atoms with Gasteiger partial charge in [0.15, 0.2) is 0 Å². The van der Waals surface area contributed by atoms with Crippen LogP contribution in [0.15, 0.2) is 53.6 Å². The lowest BCUT2D eigenvalue weighted by Crippen LogP contribution is -2.14. The Kier molecular flexibility index (Phi) is 4.81. The predicted octanol–water partition coefficient (Wildman–Crippen LogP) is 4.72. The summed E-state index contributed by atoms with van der Waals surface area (Å²) in [5.74, 6) is -0.336. The lowest BCUT2D eigenvalue weighted by atomic mass is 10.1. The molecule has 0 fully saturated rings. The van der Waals surface area contributed by atoms with Gasteiger partial charge < -0.3 is 5.32 Å². The molecule has 24 heavy (non-hydrogen) atoms. The lowest BCUT2D eigenvalue weighted by Gasteiger charge is -2.08. The fourth-order valence-electron chi connectivity index (χ4n) is 2.46. The van der Waals surface area contributed by atoms with E-state index in [2.05, 4.69) is 22.4 Å². The molecule has 0 atom stereocenters. The third-order valence-electron chi connectivity index (χ3n) is 3.61. The predicted molar refractivity (Wildman–Crippen MR) is 97.0 cm³/mol. The Morgan fingerprint density at radius 3 is 2.79 bits per heavy atom. The number of fused-ring (bicyclic) bond motifs is 1. The monoisotopic (exact) mass is 340 g/mol. The van der Waals surface area contributed by atoms with Gasteiger partial charge in [-0.15, -0.1) is 0 Å². The van der Waals surface area contributed by atoms with Crippen LogP contribution in [0, 0.1) is 19.7 Å². The summed E-state index contributed by atoms with van der Waals surface area (Å²) in [6.07, 6.45) is 0. The summed E-state index contributed by atoms with van der Waals surface area (Å²) in [6.45, 7) is 4.07. The van der Waals surface area contributed by atoms with E-state index in [-0.39, 0.29) is 17.5 Å². The molecule has 0 aliphatic rings. The highest BCUT2D eigenvalue weighted by Gasteiger charge is 2.08. The molecular formula is C19H17FN2OS. The summed E-state index contributed by atoms with van der Waals surface area (Å²) < 4.78 is 13.1. The van der Waals surface area contributed by atoms with Crippen molar-refractivity contribution >= 4 is 34.3 Å². The summed E-state index contributed by atoms with van der Waals surface area (Å²) in [6, 6.07) is 14.0. The molecular weight excluding hydrogens is 323 g/mol. The first-order valence-corrected chi connectivity index (χ1v) is 8.56. The Hall–Kier alpha value is -2.40. The van der Waals surface area contributed by atoms with E-state index in [1.165, 1.54) is 23.9 Å². The Balaban J connectivity index is 1.70. The van der Waals surface area contributed by atoms with E-state index < -0.39 is 0 Å². The van der Waals surface area contributed by atoms with Gasteiger partial charge in [-0.1, -0.05) is 30.0 Å². The molecule has 0 unspecified atom stereocenters. The van der Waals surface area contributed by atoms with Gasteiger partial charge in [0, 0.05) is 11.1 Å². The molecule has 122 valence electrons. The molecule has 2 aromatic carbocycles. The second kappa shape index (κ2) is 7.01. The van der Waals surface area contributed by atoms with Crippen LogP contribution in [0.25, 0.3) is 10.9 Å². The lowest BCUT2D eigenvalue weighted by molar-refractivity contribution is -0.113. The minimum Gasteiger partial charge on any atom is -0.325 e. The number of thioether (sulfide) groups is 1. The van der Waals surface area contributed by atoms with Crippen LogP contribution in [0.2, 0.25) is 0 Å². The molecule has 1 N–H and O–H groups in total. The van der Waals surface area contributed by atoms with Gasteiger partial charge >= 0.3 is 0 Å². The second-order valence-electron chi connectivity index (χ2n) is 5.65. The van der Waals surface area contributed by atoms with Crippen molar-refractivity contribution in [3.63, 3.8) is 0 Å². The number of nitrogens with zero attached hydrogens (tertiary/aromatic N) is 1. The minimum atomic E-state index is -0.373. The van der Waals surface area contributed by atoms with Crippen LogP contribution in [0.1, 0.15) is 11.1 Å². The van der Waals surface area contributed by atoms with Gasteiger partial charge in [0.25, 0.3) is 0 Å². The van der Waals surface area contributed by atoms with Crippen LogP contribution in [-0.4, -0.2) is 16.6 Å². The van der Waals surface area contributed by atoms with Crippen LogP contribution in [0.3, 0.4) is 0 Å².